The number of aliphatic carboxylic acids is 1. The van der Waals surface area contributed by atoms with Gasteiger partial charge in [0.15, 0.2) is 0 Å². The molecule has 1 unspecified atom stereocenters. The van der Waals surface area contributed by atoms with Gasteiger partial charge in [-0.3, -0.25) is 4.79 Å². The second kappa shape index (κ2) is 29.5. The van der Waals surface area contributed by atoms with E-state index in [4.69, 9.17) is 28.3 Å². The van der Waals surface area contributed by atoms with Gasteiger partial charge in [0.2, 0.25) is 0 Å². The third kappa shape index (κ3) is 70.7. The van der Waals surface area contributed by atoms with Crippen LogP contribution >= 0.6 is 0 Å². The Balaban J connectivity index is -0.000000150. The Morgan fingerprint density at radius 2 is 1.18 bits per heavy atom. The molecule has 130 valence electrons. The van der Waals surface area contributed by atoms with E-state index in [1.807, 2.05) is 0 Å². The van der Waals surface area contributed by atoms with E-state index in [-0.39, 0.29) is 29.6 Å². The fraction of sp³-hybridized carbons (Fsp3) is 0.929. The van der Waals surface area contributed by atoms with Gasteiger partial charge in [-0.05, 0) is 6.42 Å². The summed E-state index contributed by atoms with van der Waals surface area (Å²) in [5.74, 6) is -0.833. The predicted molar refractivity (Wildman–Crippen MR) is 83.8 cm³/mol. The second-order valence-electron chi connectivity index (χ2n) is 4.64. The van der Waals surface area contributed by atoms with Crippen molar-refractivity contribution in [3.8, 4) is 0 Å². The van der Waals surface area contributed by atoms with Crippen LogP contribution in [0.1, 0.15) is 78.1 Å². The summed E-state index contributed by atoms with van der Waals surface area (Å²) in [7, 11) is 0. The van der Waals surface area contributed by atoms with E-state index < -0.39 is 17.3 Å². The van der Waals surface area contributed by atoms with Gasteiger partial charge < -0.3 is 19.3 Å². The molecule has 3 N–H and O–H groups in total. The number of aliphatic hydroxyl groups is 1. The maximum absolute atomic E-state index is 9.00. The molecule has 0 fully saturated rings. The van der Waals surface area contributed by atoms with Crippen LogP contribution in [-0.2, 0) is 16.2 Å². The van der Waals surface area contributed by atoms with Gasteiger partial charge in [0.1, 0.15) is 0 Å². The number of hydrogen-bond acceptors (Lipinski definition) is 4. The Bertz CT molecular complexity index is 199. The van der Waals surface area contributed by atoms with E-state index in [0.29, 0.717) is 6.61 Å². The van der Waals surface area contributed by atoms with Crippen LogP contribution in [0, 0.1) is 0 Å². The molecule has 1 atom stereocenters. The molecule has 0 spiro atoms. The van der Waals surface area contributed by atoms with E-state index in [0.717, 1.165) is 13.3 Å². The third-order valence-electron chi connectivity index (χ3n) is 2.51. The van der Waals surface area contributed by atoms with Gasteiger partial charge in [0.05, 0.1) is 11.4 Å². The fourth-order valence-corrected chi connectivity index (χ4v) is 1.60. The number of carboxylic acids is 1. The molecule has 0 radical (unpaired) electrons. The van der Waals surface area contributed by atoms with Crippen LogP contribution in [0.25, 0.3) is 0 Å². The fourth-order valence-electron chi connectivity index (χ4n) is 1.60. The molecule has 0 aromatic rings. The summed E-state index contributed by atoms with van der Waals surface area (Å²) in [6.07, 6.45) is 13.3. The summed E-state index contributed by atoms with van der Waals surface area (Å²) in [5.41, 5.74) is 0. The van der Waals surface area contributed by atoms with Gasteiger partial charge in [0.25, 0.3) is 5.97 Å². The zero-order valence-corrected chi connectivity index (χ0v) is 17.1. The molecule has 0 rings (SSSR count). The third-order valence-corrected chi connectivity index (χ3v) is 2.51. The molecule has 22 heavy (non-hydrogen) atoms. The van der Waals surface area contributed by atoms with Crippen molar-refractivity contribution in [2.75, 3.05) is 6.61 Å². The number of aliphatic hydroxyl groups excluding tert-OH is 1. The van der Waals surface area contributed by atoms with Crippen LogP contribution in [0.2, 0.25) is 0 Å². The van der Waals surface area contributed by atoms with Crippen molar-refractivity contribution >= 4 is 17.3 Å². The van der Waals surface area contributed by atoms with Gasteiger partial charge in [-0.2, -0.15) is 0 Å². The largest absolute Gasteiger partial charge is 1.00 e. The smallest absolute Gasteiger partial charge is 0.750 e. The van der Waals surface area contributed by atoms with Crippen LogP contribution < -0.4 is 29.6 Å². The van der Waals surface area contributed by atoms with Crippen molar-refractivity contribution in [2.24, 2.45) is 0 Å². The van der Waals surface area contributed by atoms with E-state index in [1.165, 1.54) is 57.8 Å². The molecule has 0 aliphatic rings. The van der Waals surface area contributed by atoms with Gasteiger partial charge in [-0.25, -0.2) is 4.21 Å². The maximum atomic E-state index is 9.00. The Morgan fingerprint density at radius 1 is 0.955 bits per heavy atom. The number of rotatable bonds is 10. The van der Waals surface area contributed by atoms with Crippen LogP contribution in [0.15, 0.2) is 0 Å². The van der Waals surface area contributed by atoms with Crippen molar-refractivity contribution < 1.29 is 57.9 Å². The topological polar surface area (TPSA) is 118 Å². The number of carboxylic acid groups (broad SMARTS) is 1. The number of carbonyl (C=O) groups is 1. The quantitative estimate of drug-likeness (QED) is 0.297. The molecule has 0 saturated carbocycles. The molecule has 0 amide bonds. The van der Waals surface area contributed by atoms with Crippen molar-refractivity contribution in [3.05, 3.63) is 0 Å². The average molecular weight is 350 g/mol. The Hall–Kier alpha value is 0.500. The molecule has 6 nitrogen and oxygen atoms in total. The summed E-state index contributed by atoms with van der Waals surface area (Å²) in [6, 6.07) is 0. The van der Waals surface area contributed by atoms with Crippen molar-refractivity contribution in [3.63, 3.8) is 0 Å². The molecule has 0 aliphatic heterocycles. The predicted octanol–water partition coefficient (Wildman–Crippen LogP) is 0.333. The molecule has 0 aromatic carbocycles. The van der Waals surface area contributed by atoms with Gasteiger partial charge in [0, 0.05) is 13.5 Å². The SMILES string of the molecule is CC(=O)O.CCCCCCCCCCCCO.O=S([O-])O.[Na+]. The normalized spacial score (nSPS) is 10.2. The standard InChI is InChI=1S/C12H26O.C2H4O2.Na.H2O3S/c1-2-3-4-5-6-7-8-9-10-11-12-13;1-2(3)4;;1-4(2)3/h13H,2-12H2,1H3;1H3,(H,3,4);;(H2,1,2,3)/q;;+1;/p-1. The molecule has 0 aromatic heterocycles. The van der Waals surface area contributed by atoms with Crippen LogP contribution in [-0.4, -0.2) is 36.1 Å². The van der Waals surface area contributed by atoms with Crippen molar-refractivity contribution in [1.29, 1.82) is 0 Å². The second-order valence-corrected chi connectivity index (χ2v) is 5.08. The van der Waals surface area contributed by atoms with Gasteiger partial charge in [-0.1, -0.05) is 64.7 Å². The van der Waals surface area contributed by atoms with Crippen LogP contribution in [0.4, 0.5) is 0 Å². The first-order chi connectivity index (χ1) is 9.88. The minimum Gasteiger partial charge on any atom is -0.750 e. The Labute approximate surface area is 159 Å². The Kier molecular flexibility index (Phi) is 40.8. The number of unbranched alkanes of at least 4 members (excludes halogenated alkanes) is 9. The number of hydrogen-bond donors (Lipinski definition) is 3. The molecule has 0 heterocycles. The summed E-state index contributed by atoms with van der Waals surface area (Å²) < 4.78 is 24.1. The van der Waals surface area contributed by atoms with Crippen LogP contribution in [0.3, 0.4) is 0 Å². The van der Waals surface area contributed by atoms with E-state index in [2.05, 4.69) is 6.92 Å². The molecule has 0 saturated heterocycles. The van der Waals surface area contributed by atoms with Crippen molar-refractivity contribution in [1.82, 2.24) is 0 Å². The minimum atomic E-state index is -2.86. The van der Waals surface area contributed by atoms with E-state index in [9.17, 15) is 0 Å². The molecule has 0 bridgehead atoms. The summed E-state index contributed by atoms with van der Waals surface area (Å²) in [4.78, 5) is 9.00. The maximum Gasteiger partial charge on any atom is 1.00 e. The van der Waals surface area contributed by atoms with Gasteiger partial charge >= 0.3 is 29.6 Å². The first kappa shape index (κ1) is 30.4. The summed E-state index contributed by atoms with van der Waals surface area (Å²) >= 11 is -2.86. The van der Waals surface area contributed by atoms with Gasteiger partial charge in [-0.15, -0.1) is 0 Å². The zero-order valence-electron chi connectivity index (χ0n) is 14.3. The van der Waals surface area contributed by atoms with Crippen molar-refractivity contribution in [2.45, 2.75) is 78.1 Å². The van der Waals surface area contributed by atoms with E-state index in [1.54, 1.807) is 0 Å². The minimum absolute atomic E-state index is 0. The monoisotopic (exact) mass is 350 g/mol. The zero-order chi connectivity index (χ0) is 16.9. The Morgan fingerprint density at radius 3 is 1.41 bits per heavy atom. The van der Waals surface area contributed by atoms with E-state index >= 15 is 0 Å². The summed E-state index contributed by atoms with van der Waals surface area (Å²) in [5, 5.41) is 16.0. The summed E-state index contributed by atoms with van der Waals surface area (Å²) in [6.45, 7) is 3.71. The molecular weight excluding hydrogens is 319 g/mol. The van der Waals surface area contributed by atoms with Crippen LogP contribution in [0.5, 0.6) is 0 Å². The first-order valence-electron chi connectivity index (χ1n) is 7.47. The molecule has 8 heteroatoms. The average Bonchev–Trinajstić information content (AvgIpc) is 2.35. The molecule has 0 aliphatic carbocycles. The molecular formula is C14H31NaO6S. The first-order valence-corrected chi connectivity index (χ1v) is 8.50.